The molecule has 2 atom stereocenters. The Morgan fingerprint density at radius 2 is 0.817 bits per heavy atom. The molecule has 82 heavy (non-hydrogen) atoms. The minimum Gasteiger partial charge on any atom is -0.368 e. The average Bonchev–Trinajstić information content (AvgIpc) is 4.34. The second-order valence-electron chi connectivity index (χ2n) is 18.6. The van der Waals surface area contributed by atoms with E-state index < -0.39 is 11.2 Å². The van der Waals surface area contributed by atoms with Crippen molar-refractivity contribution in [1.82, 2.24) is 15.0 Å². The molecular weight excluding hydrogens is 1110 g/mol. The zero-order chi connectivity index (χ0) is 62.0. The number of rotatable bonds is 26. The van der Waals surface area contributed by atoms with Crippen molar-refractivity contribution < 1.29 is 11.2 Å². The molecule has 0 saturated carbocycles. The first-order valence-electron chi connectivity index (χ1n) is 30.4. The van der Waals surface area contributed by atoms with Crippen LogP contribution < -0.4 is 16.4 Å². The van der Waals surface area contributed by atoms with Gasteiger partial charge in [0.15, 0.2) is 0 Å². The van der Waals surface area contributed by atoms with E-state index in [0.717, 1.165) is 17.1 Å². The van der Waals surface area contributed by atoms with Crippen molar-refractivity contribution in [2.24, 2.45) is 0 Å². The molecule has 6 aromatic rings. The molecule has 7 N–H and O–H groups in total. The summed E-state index contributed by atoms with van der Waals surface area (Å²) in [5, 5.41) is 7.09. The van der Waals surface area contributed by atoms with Crippen LogP contribution in [0.25, 0.3) is 11.4 Å². The summed E-state index contributed by atoms with van der Waals surface area (Å²) in [6.45, 7) is 26.2. The molecule has 0 aliphatic carbocycles. The minimum absolute atomic E-state index is 0. The Balaban J connectivity index is -0.000000216. The molecule has 0 fully saturated rings. The Labute approximate surface area is 530 Å². The number of para-hydroxylation sites is 2. The first-order valence-corrected chi connectivity index (χ1v) is 35.0. The summed E-state index contributed by atoms with van der Waals surface area (Å²) in [5.41, 5.74) is 14.6. The largest absolute Gasteiger partial charge is 0.368 e. The van der Waals surface area contributed by atoms with Crippen LogP contribution in [0.2, 0.25) is 27.3 Å². The van der Waals surface area contributed by atoms with Crippen molar-refractivity contribution >= 4 is 84.4 Å². The smallest absolute Gasteiger partial charge is 0.000496 e. The monoisotopic (exact) mass is 1220 g/mol. The number of nitrogens with two attached hydrogens (primary N) is 1. The van der Waals surface area contributed by atoms with E-state index in [1.165, 1.54) is 197 Å². The Morgan fingerprint density at radius 1 is 0.427 bits per heavy atom. The van der Waals surface area contributed by atoms with Crippen LogP contribution in [0.4, 0.5) is 22.7 Å². The number of hydrogen-bond donors (Lipinski definition) is 6. The second kappa shape index (κ2) is 73.7. The van der Waals surface area contributed by atoms with E-state index >= 15 is 0 Å². The molecule has 0 aliphatic rings. The van der Waals surface area contributed by atoms with Gasteiger partial charge in [-0.2, -0.15) is 0 Å². The maximum Gasteiger partial charge on any atom is 0.000496 e. The molecule has 3 heterocycles. The topological polar surface area (TPSA) is 97.4 Å². The van der Waals surface area contributed by atoms with Gasteiger partial charge in [0.05, 0.1) is 42.8 Å². The predicted octanol–water partition coefficient (Wildman–Crippen LogP) is 24.1. The molecule has 3 aromatic heterocycles. The van der Waals surface area contributed by atoms with Gasteiger partial charge < -0.3 is 31.3 Å². The molecule has 0 bridgehead atoms. The van der Waals surface area contributed by atoms with Gasteiger partial charge in [-0.3, -0.25) is 0 Å². The van der Waals surface area contributed by atoms with E-state index in [1.54, 1.807) is 0 Å². The Bertz CT molecular complexity index is 1950. The predicted molar refractivity (Wildman–Crippen MR) is 381 cm³/mol. The van der Waals surface area contributed by atoms with Crippen LogP contribution in [-0.4, -0.2) is 52.4 Å². The van der Waals surface area contributed by atoms with E-state index in [0.29, 0.717) is 12.0 Å². The number of anilines is 4. The summed E-state index contributed by atoms with van der Waals surface area (Å²) in [4.78, 5) is 9.85. The fraction of sp³-hybridized carbons (Fsp3) is 0.559. The molecule has 6 rings (SSSR count). The third kappa shape index (κ3) is 59.7. The van der Waals surface area contributed by atoms with Crippen LogP contribution in [0, 0.1) is 6.92 Å². The number of aromatic nitrogens is 3. The second-order valence-corrected chi connectivity index (χ2v) is 24.1. The number of aryl methyl sites for hydroxylation is 1. The zero-order valence-corrected chi connectivity index (χ0v) is 56.7. The third-order valence-electron chi connectivity index (χ3n) is 11.9. The van der Waals surface area contributed by atoms with E-state index in [2.05, 4.69) is 180 Å². The van der Waals surface area contributed by atoms with Crippen LogP contribution >= 0.6 is 30.3 Å². The fourth-order valence-corrected chi connectivity index (χ4v) is 7.82. The number of benzene rings is 3. The Kier molecular flexibility index (Phi) is 80.6. The molecule has 0 saturated heterocycles. The van der Waals surface area contributed by atoms with Crippen LogP contribution in [-0.2, 0) is 11.2 Å². The van der Waals surface area contributed by atoms with Gasteiger partial charge in [-0.15, -0.1) is 0 Å². The average molecular weight is 1230 g/mol. The van der Waals surface area contributed by atoms with Crippen LogP contribution in [0.1, 0.15) is 221 Å². The van der Waals surface area contributed by atoms with Crippen molar-refractivity contribution in [3.8, 4) is 11.4 Å². The first kappa shape index (κ1) is 89.7. The molecule has 14 heteroatoms. The minimum atomic E-state index is -1.33. The van der Waals surface area contributed by atoms with Crippen molar-refractivity contribution in [3.05, 3.63) is 145 Å². The van der Waals surface area contributed by atoms with Crippen molar-refractivity contribution in [1.29, 1.82) is 0 Å². The molecule has 461 valence electrons. The first-order chi connectivity index (χ1) is 39.5. The van der Waals surface area contributed by atoms with E-state index in [9.17, 15) is 0 Å². The van der Waals surface area contributed by atoms with Crippen LogP contribution in [0.3, 0.4) is 0 Å². The number of halogens is 3. The SMILES string of the molecule is C.CCCCC(CCC)Nc1ccc(Nc2ccccc2)cc1.CCCCC(CCC)c1ccc(-c2ccc(C)[nH]2)[nH]1.CCCCCCCC.CCCCCCCC.Nc1ccccc1.[B]C.[B]C.[B]C.[B]C.[Cl][Fe]([Cl])[Cl].c1cc[nH]c1. The van der Waals surface area contributed by atoms with E-state index in [4.69, 9.17) is 36.0 Å². The Hall–Kier alpha value is -3.45. The summed E-state index contributed by atoms with van der Waals surface area (Å²) < 4.78 is 0. The summed E-state index contributed by atoms with van der Waals surface area (Å²) in [6, 6.07) is 41.6. The van der Waals surface area contributed by atoms with Crippen molar-refractivity contribution in [2.45, 2.75) is 250 Å². The summed E-state index contributed by atoms with van der Waals surface area (Å²) in [5.74, 6) is 0.690. The van der Waals surface area contributed by atoms with Crippen LogP contribution in [0.5, 0.6) is 0 Å². The fourth-order valence-electron chi connectivity index (χ4n) is 7.82. The number of unbranched alkanes of at least 4 members (excludes halogenated alkanes) is 12. The summed E-state index contributed by atoms with van der Waals surface area (Å²) in [7, 11) is 32.7. The molecule has 0 spiro atoms. The quantitative estimate of drug-likeness (QED) is 0.0185. The third-order valence-corrected chi connectivity index (χ3v) is 11.9. The molecule has 8 radical (unpaired) electrons. The van der Waals surface area contributed by atoms with Crippen molar-refractivity contribution in [3.63, 3.8) is 0 Å². The Morgan fingerprint density at radius 3 is 1.18 bits per heavy atom. The normalized spacial score (nSPS) is 10.1. The number of nitrogen functional groups attached to an aromatic ring is 1. The molecule has 0 aliphatic heterocycles. The van der Waals surface area contributed by atoms with Crippen LogP contribution in [0.15, 0.2) is 134 Å². The van der Waals surface area contributed by atoms with Gasteiger partial charge in [0.2, 0.25) is 0 Å². The number of H-pyrrole nitrogens is 3. The van der Waals surface area contributed by atoms with E-state index in [-0.39, 0.29) is 7.43 Å². The van der Waals surface area contributed by atoms with Gasteiger partial charge in [0, 0.05) is 52.6 Å². The van der Waals surface area contributed by atoms with E-state index in [1.807, 2.05) is 73.1 Å². The maximum absolute atomic E-state index is 5.36. The molecule has 3 aromatic carbocycles. The van der Waals surface area contributed by atoms with Gasteiger partial charge in [-0.25, -0.2) is 0 Å². The van der Waals surface area contributed by atoms with Gasteiger partial charge in [-0.05, 0) is 123 Å². The van der Waals surface area contributed by atoms with Gasteiger partial charge in [0.25, 0.3) is 0 Å². The molecular formula is C68H118B4Cl3FeN6. The number of hydrogen-bond acceptors (Lipinski definition) is 3. The van der Waals surface area contributed by atoms with Crippen molar-refractivity contribution in [2.75, 3.05) is 16.4 Å². The van der Waals surface area contributed by atoms with Gasteiger partial charge in [0.1, 0.15) is 0 Å². The zero-order valence-electron chi connectivity index (χ0n) is 53.3. The molecule has 0 amide bonds. The van der Waals surface area contributed by atoms with Gasteiger partial charge in [-0.1, -0.05) is 242 Å². The molecule has 6 nitrogen and oxygen atoms in total. The van der Waals surface area contributed by atoms with Gasteiger partial charge >= 0.3 is 41.5 Å². The molecule has 2 unspecified atom stereocenters. The number of aromatic amines is 3. The summed E-state index contributed by atoms with van der Waals surface area (Å²) in [6.07, 6.45) is 33.5. The number of nitrogens with one attached hydrogen (secondary N) is 5. The summed E-state index contributed by atoms with van der Waals surface area (Å²) >= 11 is -1.33. The standard InChI is InChI=1S/C20H28N2.C17H26N2.2C8H18.C6H7N.C4H5N.4CH3B.CH4.3ClH.Fe/c1-3-5-10-17(9-4-2)21-19-13-15-20(16-14-19)22-18-11-7-6-8-12-18;1-4-6-8-14(7-5-2)15-11-12-17(19-15)16-10-9-13(3)18-16;2*1-3-5-7-8-6-4-2;7-6-4-2-1-3-5-6;1-2-4-5-3-1;4*1-2;;;;;/h6-8,11-17,21-22H,3-5,9-10H2,1-2H3;9-12,14,18-19H,4-8H2,1-3H3;2*3-8H2,1-2H3;1-5H,7H2;1-5H;4*1H3;1H4;3*1H;/q;;;;;;;;;;;;;;+3/p-3. The maximum atomic E-state index is 5.36.